The molecular formula is C14H18O6S. The predicted octanol–water partition coefficient (Wildman–Crippen LogP) is 0.912. The molecule has 1 aromatic carbocycles. The Bertz CT molecular complexity index is 490. The average Bonchev–Trinajstić information content (AvgIpc) is 2.49. The second kappa shape index (κ2) is 8.66. The van der Waals surface area contributed by atoms with Gasteiger partial charge in [-0.2, -0.15) is 0 Å². The number of hydrogen-bond acceptors (Lipinski definition) is 7. The van der Waals surface area contributed by atoms with E-state index in [-0.39, 0.29) is 23.2 Å². The molecular weight excluding hydrogens is 296 g/mol. The molecule has 0 radical (unpaired) electrons. The molecule has 0 saturated heterocycles. The fourth-order valence-electron chi connectivity index (χ4n) is 1.55. The second-order valence-electron chi connectivity index (χ2n) is 4.22. The van der Waals surface area contributed by atoms with Crippen LogP contribution in [-0.4, -0.2) is 46.9 Å². The molecule has 0 saturated carbocycles. The van der Waals surface area contributed by atoms with Gasteiger partial charge in [-0.3, -0.25) is 4.79 Å². The van der Waals surface area contributed by atoms with Crippen molar-refractivity contribution in [1.82, 2.24) is 0 Å². The van der Waals surface area contributed by atoms with Gasteiger partial charge in [-0.25, -0.2) is 4.79 Å². The molecule has 0 aliphatic heterocycles. The molecule has 21 heavy (non-hydrogen) atoms. The summed E-state index contributed by atoms with van der Waals surface area (Å²) in [6, 6.07) is 6.51. The quantitative estimate of drug-likeness (QED) is 0.723. The lowest BCUT2D eigenvalue weighted by Crippen LogP contribution is -2.22. The summed E-state index contributed by atoms with van der Waals surface area (Å²) in [7, 11) is 1.25. The maximum atomic E-state index is 11.1. The smallest absolute Gasteiger partial charge is 0.343 e. The highest BCUT2D eigenvalue weighted by atomic mass is 32.2. The van der Waals surface area contributed by atoms with Crippen LogP contribution < -0.4 is 4.74 Å². The van der Waals surface area contributed by atoms with E-state index in [4.69, 9.17) is 4.74 Å². The van der Waals surface area contributed by atoms with E-state index >= 15 is 0 Å². The second-order valence-corrected chi connectivity index (χ2v) is 5.41. The molecule has 2 N–H and O–H groups in total. The number of thioether (sulfide) groups is 1. The van der Waals surface area contributed by atoms with Crippen LogP contribution in [0.5, 0.6) is 5.75 Å². The van der Waals surface area contributed by atoms with Crippen LogP contribution in [-0.2, 0) is 14.3 Å². The van der Waals surface area contributed by atoms with E-state index in [2.05, 4.69) is 4.74 Å². The van der Waals surface area contributed by atoms with Gasteiger partial charge < -0.3 is 19.7 Å². The predicted molar refractivity (Wildman–Crippen MR) is 78.1 cm³/mol. The standard InChI is InChI=1S/C14H18O6S/c1-9(15)21-8-11(16)14(18)10-5-3-4-6-12(10)20-7-13(17)19-2/h3-6,11,14,16,18H,7-8H2,1-2H3. The van der Waals surface area contributed by atoms with Gasteiger partial charge >= 0.3 is 5.97 Å². The SMILES string of the molecule is COC(=O)COc1ccccc1C(O)C(O)CSC(C)=O. The Morgan fingerprint density at radius 1 is 1.29 bits per heavy atom. The summed E-state index contributed by atoms with van der Waals surface area (Å²) in [5.74, 6) is -0.198. The number of methoxy groups -OCH3 is 1. The minimum atomic E-state index is -1.22. The molecule has 0 bridgehead atoms. The van der Waals surface area contributed by atoms with Gasteiger partial charge in [-0.1, -0.05) is 30.0 Å². The Morgan fingerprint density at radius 2 is 1.95 bits per heavy atom. The first-order valence-electron chi connectivity index (χ1n) is 6.23. The largest absolute Gasteiger partial charge is 0.482 e. The van der Waals surface area contributed by atoms with Crippen LogP contribution >= 0.6 is 11.8 Å². The topological polar surface area (TPSA) is 93.1 Å². The van der Waals surface area contributed by atoms with Crippen LogP contribution in [0.15, 0.2) is 24.3 Å². The fraction of sp³-hybridized carbons (Fsp3) is 0.429. The zero-order chi connectivity index (χ0) is 15.8. The number of carbonyl (C=O) groups is 2. The normalized spacial score (nSPS) is 13.3. The molecule has 7 heteroatoms. The minimum Gasteiger partial charge on any atom is -0.482 e. The Balaban J connectivity index is 2.76. The molecule has 0 aliphatic carbocycles. The van der Waals surface area contributed by atoms with Crippen molar-refractivity contribution in [2.45, 2.75) is 19.1 Å². The first-order chi connectivity index (χ1) is 9.95. The molecule has 116 valence electrons. The Hall–Kier alpha value is -1.57. The fourth-order valence-corrected chi connectivity index (χ4v) is 2.14. The van der Waals surface area contributed by atoms with Crippen LogP contribution in [0.25, 0.3) is 0 Å². The van der Waals surface area contributed by atoms with E-state index < -0.39 is 18.2 Å². The van der Waals surface area contributed by atoms with Crippen LogP contribution in [0.4, 0.5) is 0 Å². The van der Waals surface area contributed by atoms with Crippen molar-refractivity contribution >= 4 is 22.8 Å². The zero-order valence-corrected chi connectivity index (χ0v) is 12.6. The van der Waals surface area contributed by atoms with Gasteiger partial charge in [0.05, 0.1) is 13.2 Å². The van der Waals surface area contributed by atoms with Crippen LogP contribution in [0.1, 0.15) is 18.6 Å². The summed E-state index contributed by atoms with van der Waals surface area (Å²) >= 11 is 0.926. The lowest BCUT2D eigenvalue weighted by molar-refractivity contribution is -0.143. The highest BCUT2D eigenvalue weighted by molar-refractivity contribution is 8.13. The lowest BCUT2D eigenvalue weighted by atomic mass is 10.0. The van der Waals surface area contributed by atoms with Gasteiger partial charge in [-0.05, 0) is 6.07 Å². The van der Waals surface area contributed by atoms with Gasteiger partial charge in [0, 0.05) is 18.2 Å². The number of carbonyl (C=O) groups excluding carboxylic acids is 2. The molecule has 0 amide bonds. The van der Waals surface area contributed by atoms with Gasteiger partial charge in [0.25, 0.3) is 0 Å². The molecule has 0 fully saturated rings. The van der Waals surface area contributed by atoms with Crippen LogP contribution in [0.3, 0.4) is 0 Å². The third-order valence-corrected chi connectivity index (χ3v) is 3.55. The summed E-state index contributed by atoms with van der Waals surface area (Å²) < 4.78 is 9.74. The van der Waals surface area contributed by atoms with Crippen molar-refractivity contribution < 1.29 is 29.3 Å². The van der Waals surface area contributed by atoms with Crippen molar-refractivity contribution in [3.63, 3.8) is 0 Å². The highest BCUT2D eigenvalue weighted by Gasteiger charge is 2.22. The number of ether oxygens (including phenoxy) is 2. The maximum absolute atomic E-state index is 11.1. The summed E-state index contributed by atoms with van der Waals surface area (Å²) in [4.78, 5) is 22.0. The van der Waals surface area contributed by atoms with Gasteiger partial charge in [0.1, 0.15) is 11.9 Å². The van der Waals surface area contributed by atoms with Crippen molar-refractivity contribution in [3.05, 3.63) is 29.8 Å². The number of esters is 1. The monoisotopic (exact) mass is 314 g/mol. The zero-order valence-electron chi connectivity index (χ0n) is 11.8. The van der Waals surface area contributed by atoms with E-state index in [1.807, 2.05) is 0 Å². The molecule has 2 atom stereocenters. The molecule has 6 nitrogen and oxygen atoms in total. The maximum Gasteiger partial charge on any atom is 0.343 e. The van der Waals surface area contributed by atoms with E-state index in [0.717, 1.165) is 11.8 Å². The Morgan fingerprint density at radius 3 is 2.57 bits per heavy atom. The van der Waals surface area contributed by atoms with Gasteiger partial charge in [-0.15, -0.1) is 0 Å². The van der Waals surface area contributed by atoms with Crippen molar-refractivity contribution in [1.29, 1.82) is 0 Å². The number of rotatable bonds is 7. The molecule has 1 rings (SSSR count). The number of benzene rings is 1. The molecule has 0 aromatic heterocycles. The van der Waals surface area contributed by atoms with E-state index in [9.17, 15) is 19.8 Å². The Kier molecular flexibility index (Phi) is 7.21. The summed E-state index contributed by atoms with van der Waals surface area (Å²) in [5, 5.41) is 19.9. The van der Waals surface area contributed by atoms with Crippen LogP contribution in [0, 0.1) is 0 Å². The number of aliphatic hydroxyl groups is 2. The van der Waals surface area contributed by atoms with Gasteiger partial charge in [0.2, 0.25) is 0 Å². The minimum absolute atomic E-state index is 0.0713. The van der Waals surface area contributed by atoms with E-state index in [0.29, 0.717) is 5.56 Å². The number of aliphatic hydroxyl groups excluding tert-OH is 2. The molecule has 0 heterocycles. The third kappa shape index (κ3) is 5.74. The van der Waals surface area contributed by atoms with Gasteiger partial charge in [0.15, 0.2) is 11.7 Å². The summed E-state index contributed by atoms with van der Waals surface area (Å²) in [6.07, 6.45) is -2.34. The molecule has 2 unspecified atom stereocenters. The molecule has 0 spiro atoms. The first-order valence-corrected chi connectivity index (χ1v) is 7.22. The van der Waals surface area contributed by atoms with Crippen molar-refractivity contribution in [2.24, 2.45) is 0 Å². The summed E-state index contributed by atoms with van der Waals surface area (Å²) in [6.45, 7) is 1.09. The summed E-state index contributed by atoms with van der Waals surface area (Å²) in [5.41, 5.74) is 0.345. The lowest BCUT2D eigenvalue weighted by Gasteiger charge is -2.20. The third-order valence-electron chi connectivity index (χ3n) is 2.63. The highest BCUT2D eigenvalue weighted by Crippen LogP contribution is 2.28. The number of hydrogen-bond donors (Lipinski definition) is 2. The van der Waals surface area contributed by atoms with Crippen molar-refractivity contribution in [3.8, 4) is 5.75 Å². The number of para-hydroxylation sites is 1. The van der Waals surface area contributed by atoms with E-state index in [1.165, 1.54) is 14.0 Å². The molecule has 1 aromatic rings. The Labute approximate surface area is 127 Å². The van der Waals surface area contributed by atoms with Crippen LogP contribution in [0.2, 0.25) is 0 Å². The van der Waals surface area contributed by atoms with Crippen molar-refractivity contribution in [2.75, 3.05) is 19.5 Å². The van der Waals surface area contributed by atoms with E-state index in [1.54, 1.807) is 24.3 Å². The molecule has 0 aliphatic rings. The average molecular weight is 314 g/mol. The first kappa shape index (κ1) is 17.5.